The number of ether oxygens (including phenoxy) is 1. The number of benzene rings is 1. The number of carbonyl (C=O) groups is 1. The molecule has 2 rings (SSSR count). The van der Waals surface area contributed by atoms with E-state index in [2.05, 4.69) is 4.98 Å². The lowest BCUT2D eigenvalue weighted by atomic mass is 10.2. The number of anilines is 1. The SMILES string of the molecule is COc1ccc(CN(C)c2nc(C(=O)O)co2)cc1. The first kappa shape index (κ1) is 12.9. The molecule has 1 aromatic carbocycles. The second-order valence-corrected chi connectivity index (χ2v) is 4.02. The van der Waals surface area contributed by atoms with Gasteiger partial charge in [-0.25, -0.2) is 4.79 Å². The first-order chi connectivity index (χ1) is 9.10. The van der Waals surface area contributed by atoms with E-state index in [1.807, 2.05) is 24.3 Å². The van der Waals surface area contributed by atoms with Gasteiger partial charge in [0.15, 0.2) is 5.69 Å². The van der Waals surface area contributed by atoms with E-state index in [1.54, 1.807) is 19.1 Å². The molecule has 0 spiro atoms. The third-order valence-corrected chi connectivity index (χ3v) is 2.62. The number of hydrogen-bond donors (Lipinski definition) is 1. The van der Waals surface area contributed by atoms with Crippen LogP contribution in [0.3, 0.4) is 0 Å². The summed E-state index contributed by atoms with van der Waals surface area (Å²) in [5.41, 5.74) is 0.940. The van der Waals surface area contributed by atoms with Crippen molar-refractivity contribution in [3.63, 3.8) is 0 Å². The monoisotopic (exact) mass is 262 g/mol. The predicted molar refractivity (Wildman–Crippen MR) is 68.6 cm³/mol. The van der Waals surface area contributed by atoms with Crippen molar-refractivity contribution in [2.45, 2.75) is 6.54 Å². The maximum absolute atomic E-state index is 10.7. The molecule has 6 heteroatoms. The van der Waals surface area contributed by atoms with Crippen LogP contribution in [0.5, 0.6) is 5.75 Å². The second kappa shape index (κ2) is 5.43. The topological polar surface area (TPSA) is 75.8 Å². The van der Waals surface area contributed by atoms with Gasteiger partial charge in [0.1, 0.15) is 12.0 Å². The summed E-state index contributed by atoms with van der Waals surface area (Å²) in [5, 5.41) is 8.77. The van der Waals surface area contributed by atoms with Crippen LogP contribution in [-0.4, -0.2) is 30.2 Å². The number of nitrogens with zero attached hydrogens (tertiary/aromatic N) is 2. The highest BCUT2D eigenvalue weighted by Crippen LogP contribution is 2.17. The van der Waals surface area contributed by atoms with Crippen molar-refractivity contribution in [3.05, 3.63) is 41.8 Å². The molecule has 0 amide bonds. The molecule has 0 aliphatic rings. The van der Waals surface area contributed by atoms with Crippen LogP contribution in [0.25, 0.3) is 0 Å². The minimum atomic E-state index is -1.10. The first-order valence-corrected chi connectivity index (χ1v) is 5.63. The van der Waals surface area contributed by atoms with E-state index in [0.29, 0.717) is 6.54 Å². The van der Waals surface area contributed by atoms with Crippen molar-refractivity contribution in [2.24, 2.45) is 0 Å². The Balaban J connectivity index is 2.06. The van der Waals surface area contributed by atoms with Crippen LogP contribution in [-0.2, 0) is 6.54 Å². The summed E-state index contributed by atoms with van der Waals surface area (Å²) in [6.07, 6.45) is 1.13. The molecule has 0 fully saturated rings. The Morgan fingerprint density at radius 1 is 1.42 bits per heavy atom. The van der Waals surface area contributed by atoms with Gasteiger partial charge >= 0.3 is 5.97 Å². The largest absolute Gasteiger partial charge is 0.497 e. The Morgan fingerprint density at radius 2 is 2.11 bits per heavy atom. The zero-order chi connectivity index (χ0) is 13.8. The highest BCUT2D eigenvalue weighted by molar-refractivity contribution is 5.85. The van der Waals surface area contributed by atoms with Gasteiger partial charge in [0.05, 0.1) is 7.11 Å². The highest BCUT2D eigenvalue weighted by atomic mass is 16.5. The molecule has 2 aromatic rings. The van der Waals surface area contributed by atoms with Crippen molar-refractivity contribution < 1.29 is 19.1 Å². The van der Waals surface area contributed by atoms with Gasteiger partial charge in [0.2, 0.25) is 0 Å². The quantitative estimate of drug-likeness (QED) is 0.888. The maximum Gasteiger partial charge on any atom is 0.357 e. The molecule has 1 heterocycles. The van der Waals surface area contributed by atoms with Gasteiger partial charge in [-0.1, -0.05) is 12.1 Å². The van der Waals surface area contributed by atoms with E-state index in [9.17, 15) is 4.79 Å². The fourth-order valence-corrected chi connectivity index (χ4v) is 1.61. The van der Waals surface area contributed by atoms with E-state index in [0.717, 1.165) is 17.6 Å². The van der Waals surface area contributed by atoms with Crippen LogP contribution in [0, 0.1) is 0 Å². The van der Waals surface area contributed by atoms with Gasteiger partial charge in [-0.05, 0) is 17.7 Å². The van der Waals surface area contributed by atoms with Crippen molar-refractivity contribution in [2.75, 3.05) is 19.1 Å². The highest BCUT2D eigenvalue weighted by Gasteiger charge is 2.13. The van der Waals surface area contributed by atoms with Crippen LogP contribution in [0.2, 0.25) is 0 Å². The van der Waals surface area contributed by atoms with E-state index in [4.69, 9.17) is 14.3 Å². The lowest BCUT2D eigenvalue weighted by molar-refractivity contribution is 0.0690. The van der Waals surface area contributed by atoms with E-state index in [-0.39, 0.29) is 11.7 Å². The van der Waals surface area contributed by atoms with Crippen LogP contribution in [0.1, 0.15) is 16.1 Å². The fraction of sp³-hybridized carbons (Fsp3) is 0.231. The van der Waals surface area contributed by atoms with Crippen LogP contribution < -0.4 is 9.64 Å². The van der Waals surface area contributed by atoms with Gasteiger partial charge in [-0.2, -0.15) is 4.98 Å². The lowest BCUT2D eigenvalue weighted by Crippen LogP contribution is -2.16. The molecular weight excluding hydrogens is 248 g/mol. The molecule has 0 saturated carbocycles. The summed E-state index contributed by atoms with van der Waals surface area (Å²) in [6, 6.07) is 7.85. The summed E-state index contributed by atoms with van der Waals surface area (Å²) >= 11 is 0. The molecule has 0 saturated heterocycles. The Hall–Kier alpha value is -2.50. The molecule has 1 N–H and O–H groups in total. The average Bonchev–Trinajstić information content (AvgIpc) is 2.89. The summed E-state index contributed by atoms with van der Waals surface area (Å²) in [6.45, 7) is 0.559. The Bertz CT molecular complexity index is 562. The van der Waals surface area contributed by atoms with Gasteiger partial charge < -0.3 is 19.2 Å². The molecule has 0 bridgehead atoms. The normalized spacial score (nSPS) is 10.2. The Kier molecular flexibility index (Phi) is 3.70. The summed E-state index contributed by atoms with van der Waals surface area (Å²) in [5.74, 6) is -0.316. The molecule has 19 heavy (non-hydrogen) atoms. The number of aromatic nitrogens is 1. The summed E-state index contributed by atoms with van der Waals surface area (Å²) in [4.78, 5) is 16.3. The van der Waals surface area contributed by atoms with Crippen molar-refractivity contribution in [3.8, 4) is 5.75 Å². The van der Waals surface area contributed by atoms with Crippen molar-refractivity contribution in [1.82, 2.24) is 4.98 Å². The molecule has 6 nitrogen and oxygen atoms in total. The number of aromatic carboxylic acids is 1. The van der Waals surface area contributed by atoms with Gasteiger partial charge in [0.25, 0.3) is 6.01 Å². The number of carboxylic acids is 1. The van der Waals surface area contributed by atoms with Crippen molar-refractivity contribution in [1.29, 1.82) is 0 Å². The fourth-order valence-electron chi connectivity index (χ4n) is 1.61. The zero-order valence-corrected chi connectivity index (χ0v) is 10.7. The molecule has 0 atom stereocenters. The lowest BCUT2D eigenvalue weighted by Gasteiger charge is -2.14. The maximum atomic E-state index is 10.7. The van der Waals surface area contributed by atoms with Crippen LogP contribution in [0.15, 0.2) is 34.9 Å². The number of oxazole rings is 1. The third kappa shape index (κ3) is 3.04. The summed E-state index contributed by atoms with van der Waals surface area (Å²) in [7, 11) is 3.39. The molecular formula is C13H14N2O4. The molecule has 0 aliphatic heterocycles. The van der Waals surface area contributed by atoms with E-state index >= 15 is 0 Å². The third-order valence-electron chi connectivity index (χ3n) is 2.62. The smallest absolute Gasteiger partial charge is 0.357 e. The average molecular weight is 262 g/mol. The zero-order valence-electron chi connectivity index (χ0n) is 10.7. The minimum Gasteiger partial charge on any atom is -0.497 e. The van der Waals surface area contributed by atoms with E-state index < -0.39 is 5.97 Å². The summed E-state index contributed by atoms with van der Waals surface area (Å²) < 4.78 is 10.2. The van der Waals surface area contributed by atoms with Gasteiger partial charge in [0, 0.05) is 13.6 Å². The minimum absolute atomic E-state index is 0.100. The van der Waals surface area contributed by atoms with Crippen LogP contribution >= 0.6 is 0 Å². The molecule has 0 radical (unpaired) electrons. The Labute approximate surface area is 110 Å². The molecule has 0 aliphatic carbocycles. The number of rotatable bonds is 5. The Morgan fingerprint density at radius 3 is 2.63 bits per heavy atom. The first-order valence-electron chi connectivity index (χ1n) is 5.63. The van der Waals surface area contributed by atoms with E-state index in [1.165, 1.54) is 0 Å². The molecule has 0 unspecified atom stereocenters. The molecule has 1 aromatic heterocycles. The number of carboxylic acid groups (broad SMARTS) is 1. The predicted octanol–water partition coefficient (Wildman–Crippen LogP) is 2.02. The van der Waals surface area contributed by atoms with Gasteiger partial charge in [-0.15, -0.1) is 0 Å². The number of methoxy groups -OCH3 is 1. The number of hydrogen-bond acceptors (Lipinski definition) is 5. The van der Waals surface area contributed by atoms with Gasteiger partial charge in [-0.3, -0.25) is 0 Å². The standard InChI is InChI=1S/C13H14N2O4/c1-15(13-14-11(8-19-13)12(16)17)7-9-3-5-10(18-2)6-4-9/h3-6,8H,7H2,1-2H3,(H,16,17). The molecule has 100 valence electrons. The second-order valence-electron chi connectivity index (χ2n) is 4.02. The van der Waals surface area contributed by atoms with Crippen molar-refractivity contribution >= 4 is 12.0 Å². The van der Waals surface area contributed by atoms with Crippen LogP contribution in [0.4, 0.5) is 6.01 Å².